The van der Waals surface area contributed by atoms with Crippen LogP contribution >= 0.6 is 12.6 Å². The maximum atomic E-state index is 4.93. The molecule has 0 bridgehead atoms. The molecule has 0 heterocycles. The molecule has 2 aliphatic rings. The quantitative estimate of drug-likeness (QED) is 0.622. The van der Waals surface area contributed by atoms with E-state index in [0.29, 0.717) is 0 Å². The van der Waals surface area contributed by atoms with Gasteiger partial charge in [0.15, 0.2) is 0 Å². The van der Waals surface area contributed by atoms with E-state index in [-0.39, 0.29) is 0 Å². The minimum absolute atomic E-state index is 0.782. The minimum Gasteiger partial charge on any atom is -0.143 e. The molecule has 0 amide bonds. The van der Waals surface area contributed by atoms with Gasteiger partial charge in [-0.15, -0.1) is 12.6 Å². The molecule has 2 saturated carbocycles. The zero-order valence-electron chi connectivity index (χ0n) is 11.9. The van der Waals surface area contributed by atoms with Crippen molar-refractivity contribution >= 4 is 12.6 Å². The number of hydrogen-bond acceptors (Lipinski definition) is 1. The van der Waals surface area contributed by atoms with Crippen molar-refractivity contribution in [2.24, 2.45) is 0 Å². The Morgan fingerprint density at radius 2 is 1.11 bits per heavy atom. The summed E-state index contributed by atoms with van der Waals surface area (Å²) in [6, 6.07) is 6.96. The SMILES string of the molecule is Sc1c(C2CCCCC2)cccc1C1CCCCC1. The Hall–Kier alpha value is -0.430. The van der Waals surface area contributed by atoms with E-state index in [2.05, 4.69) is 18.2 Å². The van der Waals surface area contributed by atoms with E-state index in [1.807, 2.05) is 0 Å². The zero-order chi connectivity index (χ0) is 13.1. The van der Waals surface area contributed by atoms with Gasteiger partial charge in [0, 0.05) is 4.90 Å². The number of hydrogen-bond donors (Lipinski definition) is 1. The second-order valence-corrected chi connectivity index (χ2v) is 6.90. The first-order chi connectivity index (χ1) is 9.36. The monoisotopic (exact) mass is 274 g/mol. The first kappa shape index (κ1) is 13.5. The maximum absolute atomic E-state index is 4.93. The smallest absolute Gasteiger partial charge is 0.0110 e. The van der Waals surface area contributed by atoms with E-state index >= 15 is 0 Å². The van der Waals surface area contributed by atoms with Crippen molar-refractivity contribution in [3.8, 4) is 0 Å². The molecule has 0 aromatic heterocycles. The van der Waals surface area contributed by atoms with Gasteiger partial charge in [-0.05, 0) is 48.6 Å². The molecule has 2 aliphatic carbocycles. The number of rotatable bonds is 2. The van der Waals surface area contributed by atoms with Crippen LogP contribution in [0.2, 0.25) is 0 Å². The van der Waals surface area contributed by atoms with Crippen LogP contribution < -0.4 is 0 Å². The topological polar surface area (TPSA) is 0 Å². The molecule has 19 heavy (non-hydrogen) atoms. The number of thiol groups is 1. The lowest BCUT2D eigenvalue weighted by molar-refractivity contribution is 0.428. The number of benzene rings is 1. The standard InChI is InChI=1S/C18H26S/c19-18-16(14-8-3-1-4-9-14)12-7-13-17(18)15-10-5-2-6-11-15/h7,12-15,19H,1-6,8-11H2. The second kappa shape index (κ2) is 6.35. The van der Waals surface area contributed by atoms with Crippen LogP contribution in [0.25, 0.3) is 0 Å². The van der Waals surface area contributed by atoms with Gasteiger partial charge in [0.25, 0.3) is 0 Å². The van der Waals surface area contributed by atoms with E-state index in [4.69, 9.17) is 12.6 Å². The predicted octanol–water partition coefficient (Wildman–Crippen LogP) is 6.07. The lowest BCUT2D eigenvalue weighted by Gasteiger charge is -2.28. The molecule has 0 nitrogen and oxygen atoms in total. The van der Waals surface area contributed by atoms with Gasteiger partial charge in [0.1, 0.15) is 0 Å². The first-order valence-electron chi connectivity index (χ1n) is 8.18. The Labute approximate surface area is 123 Å². The second-order valence-electron chi connectivity index (χ2n) is 6.45. The Kier molecular flexibility index (Phi) is 4.53. The molecule has 1 aromatic rings. The maximum Gasteiger partial charge on any atom is 0.0110 e. The fourth-order valence-corrected chi connectivity index (χ4v) is 4.58. The molecule has 2 fully saturated rings. The molecule has 0 atom stereocenters. The van der Waals surface area contributed by atoms with Crippen molar-refractivity contribution in [1.29, 1.82) is 0 Å². The molecular weight excluding hydrogens is 248 g/mol. The lowest BCUT2D eigenvalue weighted by atomic mass is 9.80. The van der Waals surface area contributed by atoms with Crippen LogP contribution in [0.3, 0.4) is 0 Å². The Bertz CT molecular complexity index is 375. The van der Waals surface area contributed by atoms with Crippen LogP contribution in [-0.2, 0) is 0 Å². The van der Waals surface area contributed by atoms with E-state index in [0.717, 1.165) is 11.8 Å². The molecule has 0 saturated heterocycles. The molecule has 3 rings (SSSR count). The predicted molar refractivity (Wildman–Crippen MR) is 85.3 cm³/mol. The zero-order valence-corrected chi connectivity index (χ0v) is 12.8. The van der Waals surface area contributed by atoms with Crippen molar-refractivity contribution < 1.29 is 0 Å². The van der Waals surface area contributed by atoms with E-state index in [1.54, 1.807) is 11.1 Å². The van der Waals surface area contributed by atoms with Gasteiger partial charge in [-0.1, -0.05) is 56.7 Å². The molecule has 0 unspecified atom stereocenters. The molecule has 0 N–H and O–H groups in total. The van der Waals surface area contributed by atoms with Crippen LogP contribution in [0.5, 0.6) is 0 Å². The van der Waals surface area contributed by atoms with Crippen molar-refractivity contribution in [3.05, 3.63) is 29.3 Å². The molecule has 0 aliphatic heterocycles. The fraction of sp³-hybridized carbons (Fsp3) is 0.667. The summed E-state index contributed by atoms with van der Waals surface area (Å²) in [5.41, 5.74) is 3.09. The van der Waals surface area contributed by atoms with Gasteiger partial charge < -0.3 is 0 Å². The summed E-state index contributed by atoms with van der Waals surface area (Å²) in [4.78, 5) is 1.33. The van der Waals surface area contributed by atoms with Crippen molar-refractivity contribution in [1.82, 2.24) is 0 Å². The average Bonchev–Trinajstić information content (AvgIpc) is 2.49. The molecule has 1 aromatic carbocycles. The Morgan fingerprint density at radius 1 is 0.684 bits per heavy atom. The minimum atomic E-state index is 0.782. The van der Waals surface area contributed by atoms with E-state index in [9.17, 15) is 0 Å². The van der Waals surface area contributed by atoms with Crippen molar-refractivity contribution in [2.75, 3.05) is 0 Å². The highest BCUT2D eigenvalue weighted by Gasteiger charge is 2.22. The molecule has 1 heteroatoms. The first-order valence-corrected chi connectivity index (χ1v) is 8.63. The summed E-state index contributed by atoms with van der Waals surface area (Å²) in [7, 11) is 0. The van der Waals surface area contributed by atoms with Gasteiger partial charge in [-0.3, -0.25) is 0 Å². The normalized spacial score (nSPS) is 22.6. The highest BCUT2D eigenvalue weighted by molar-refractivity contribution is 7.80. The van der Waals surface area contributed by atoms with E-state index < -0.39 is 0 Å². The molecule has 104 valence electrons. The van der Waals surface area contributed by atoms with E-state index in [1.165, 1.54) is 69.1 Å². The molecule has 0 radical (unpaired) electrons. The third-order valence-electron chi connectivity index (χ3n) is 5.19. The summed E-state index contributed by atoms with van der Waals surface area (Å²) in [5.74, 6) is 1.56. The third kappa shape index (κ3) is 3.02. The van der Waals surface area contributed by atoms with Gasteiger partial charge in [-0.2, -0.15) is 0 Å². The summed E-state index contributed by atoms with van der Waals surface area (Å²) in [6.07, 6.45) is 14.0. The summed E-state index contributed by atoms with van der Waals surface area (Å²) in [5, 5.41) is 0. The van der Waals surface area contributed by atoms with Crippen LogP contribution in [-0.4, -0.2) is 0 Å². The third-order valence-corrected chi connectivity index (χ3v) is 5.70. The van der Waals surface area contributed by atoms with Crippen LogP contribution in [0.4, 0.5) is 0 Å². The van der Waals surface area contributed by atoms with Crippen LogP contribution in [0.1, 0.15) is 87.2 Å². The Morgan fingerprint density at radius 3 is 1.53 bits per heavy atom. The Balaban J connectivity index is 1.84. The molecular formula is C18H26S. The van der Waals surface area contributed by atoms with Gasteiger partial charge in [0.2, 0.25) is 0 Å². The summed E-state index contributed by atoms with van der Waals surface area (Å²) >= 11 is 4.93. The molecule has 0 spiro atoms. The highest BCUT2D eigenvalue weighted by Crippen LogP contribution is 2.41. The highest BCUT2D eigenvalue weighted by atomic mass is 32.1. The van der Waals surface area contributed by atoms with Crippen molar-refractivity contribution in [2.45, 2.75) is 80.9 Å². The van der Waals surface area contributed by atoms with Crippen LogP contribution in [0.15, 0.2) is 23.1 Å². The van der Waals surface area contributed by atoms with Crippen molar-refractivity contribution in [3.63, 3.8) is 0 Å². The summed E-state index contributed by atoms with van der Waals surface area (Å²) in [6.45, 7) is 0. The summed E-state index contributed by atoms with van der Waals surface area (Å²) < 4.78 is 0. The van der Waals surface area contributed by atoms with Crippen LogP contribution in [0, 0.1) is 0 Å². The largest absolute Gasteiger partial charge is 0.143 e. The fourth-order valence-electron chi connectivity index (χ4n) is 4.07. The lowest BCUT2D eigenvalue weighted by Crippen LogP contribution is -2.09. The van der Waals surface area contributed by atoms with Gasteiger partial charge in [0.05, 0.1) is 0 Å². The average molecular weight is 274 g/mol. The van der Waals surface area contributed by atoms with Gasteiger partial charge in [-0.25, -0.2) is 0 Å². The van der Waals surface area contributed by atoms with Gasteiger partial charge >= 0.3 is 0 Å².